The van der Waals surface area contributed by atoms with Gasteiger partial charge in [-0.15, -0.1) is 0 Å². The first kappa shape index (κ1) is 15.0. The fourth-order valence-corrected chi connectivity index (χ4v) is 5.64. The van der Waals surface area contributed by atoms with Crippen LogP contribution in [0.5, 0.6) is 0 Å². The molecule has 2 rings (SSSR count). The normalized spacial score (nSPS) is 22.4. The van der Waals surface area contributed by atoms with E-state index in [4.69, 9.17) is 9.05 Å². The van der Waals surface area contributed by atoms with Gasteiger partial charge in [-0.1, -0.05) is 19.9 Å². The number of allylic oxidation sites excluding steroid dienone is 4. The van der Waals surface area contributed by atoms with Crippen molar-refractivity contribution < 1.29 is 13.6 Å². The third-order valence-corrected chi connectivity index (χ3v) is 6.40. The number of fused-ring (bicyclic) bond motifs is 1. The summed E-state index contributed by atoms with van der Waals surface area (Å²) in [6, 6.07) is 0. The molecule has 1 fully saturated rings. The molecule has 0 aliphatic heterocycles. The Balaban J connectivity index is 2.48. The Morgan fingerprint density at radius 1 is 1.16 bits per heavy atom. The summed E-state index contributed by atoms with van der Waals surface area (Å²) < 4.78 is 24.3. The molecule has 0 spiro atoms. The van der Waals surface area contributed by atoms with Gasteiger partial charge in [0.25, 0.3) is 0 Å². The molecule has 2 aliphatic rings. The lowest BCUT2D eigenvalue weighted by Gasteiger charge is -2.29. The van der Waals surface area contributed by atoms with Gasteiger partial charge in [0.2, 0.25) is 0 Å². The number of hydrogen-bond acceptors (Lipinski definition) is 3. The van der Waals surface area contributed by atoms with Gasteiger partial charge in [0, 0.05) is 5.41 Å². The molecule has 0 heterocycles. The van der Waals surface area contributed by atoms with Crippen molar-refractivity contribution in [2.45, 2.75) is 53.4 Å². The molecule has 0 aromatic carbocycles. The Hall–Kier alpha value is -0.370. The highest BCUT2D eigenvalue weighted by Gasteiger charge is 2.45. The molecule has 0 radical (unpaired) electrons. The standard InChI is InChI=1S/C15H25O3P/c1-5-17-19(16,18-6-2)14-13-10-8-7-9-12(13)11-15(14,3)4/h11H,5-10H2,1-4H3. The number of rotatable bonds is 5. The van der Waals surface area contributed by atoms with Gasteiger partial charge in [-0.3, -0.25) is 4.57 Å². The molecule has 0 unspecified atom stereocenters. The molecular formula is C15H25O3P. The predicted molar refractivity (Wildman–Crippen MR) is 78.2 cm³/mol. The van der Waals surface area contributed by atoms with E-state index in [1.165, 1.54) is 24.0 Å². The Morgan fingerprint density at radius 2 is 1.74 bits per heavy atom. The van der Waals surface area contributed by atoms with Crippen LogP contribution < -0.4 is 0 Å². The second-order valence-corrected chi connectivity index (χ2v) is 7.72. The Labute approximate surface area is 116 Å². The quantitative estimate of drug-likeness (QED) is 0.663. The van der Waals surface area contributed by atoms with E-state index < -0.39 is 7.60 Å². The molecule has 4 heteroatoms. The van der Waals surface area contributed by atoms with E-state index in [1.807, 2.05) is 13.8 Å². The molecule has 0 aromatic rings. The van der Waals surface area contributed by atoms with Crippen molar-refractivity contribution in [2.75, 3.05) is 13.2 Å². The minimum atomic E-state index is -3.15. The van der Waals surface area contributed by atoms with Crippen LogP contribution in [-0.4, -0.2) is 13.2 Å². The van der Waals surface area contributed by atoms with Gasteiger partial charge in [0.1, 0.15) is 0 Å². The van der Waals surface area contributed by atoms with Crippen LogP contribution in [0.3, 0.4) is 0 Å². The maximum Gasteiger partial charge on any atom is 0.358 e. The van der Waals surface area contributed by atoms with Crippen LogP contribution >= 0.6 is 7.60 Å². The molecule has 3 nitrogen and oxygen atoms in total. The monoisotopic (exact) mass is 284 g/mol. The smallest absolute Gasteiger partial charge is 0.306 e. The van der Waals surface area contributed by atoms with E-state index in [0.717, 1.165) is 18.2 Å². The molecule has 108 valence electrons. The van der Waals surface area contributed by atoms with Crippen molar-refractivity contribution in [3.8, 4) is 0 Å². The Bertz CT molecular complexity index is 450. The van der Waals surface area contributed by atoms with Crippen LogP contribution in [0.25, 0.3) is 0 Å². The molecule has 0 amide bonds. The number of hydrogen-bond donors (Lipinski definition) is 0. The lowest BCUT2D eigenvalue weighted by molar-refractivity contribution is 0.222. The third-order valence-electron chi connectivity index (χ3n) is 3.81. The van der Waals surface area contributed by atoms with E-state index in [1.54, 1.807) is 0 Å². The van der Waals surface area contributed by atoms with Crippen LogP contribution in [-0.2, 0) is 13.6 Å². The van der Waals surface area contributed by atoms with Gasteiger partial charge >= 0.3 is 7.60 Å². The van der Waals surface area contributed by atoms with Crippen molar-refractivity contribution in [3.05, 3.63) is 22.5 Å². The zero-order valence-electron chi connectivity index (χ0n) is 12.5. The minimum Gasteiger partial charge on any atom is -0.306 e. The van der Waals surface area contributed by atoms with Crippen LogP contribution in [0.2, 0.25) is 0 Å². The van der Waals surface area contributed by atoms with Gasteiger partial charge in [-0.25, -0.2) is 0 Å². The first-order valence-corrected chi connectivity index (χ1v) is 8.84. The van der Waals surface area contributed by atoms with Crippen molar-refractivity contribution in [2.24, 2.45) is 5.41 Å². The zero-order valence-corrected chi connectivity index (χ0v) is 13.4. The molecule has 0 N–H and O–H groups in total. The fraction of sp³-hybridized carbons (Fsp3) is 0.733. The average Bonchev–Trinajstić information content (AvgIpc) is 2.59. The summed E-state index contributed by atoms with van der Waals surface area (Å²) in [6.07, 6.45) is 6.77. The second kappa shape index (κ2) is 5.55. The van der Waals surface area contributed by atoms with Crippen molar-refractivity contribution in [3.63, 3.8) is 0 Å². The highest BCUT2D eigenvalue weighted by atomic mass is 31.2. The summed E-state index contributed by atoms with van der Waals surface area (Å²) >= 11 is 0. The van der Waals surface area contributed by atoms with Gasteiger partial charge < -0.3 is 9.05 Å². The second-order valence-electron chi connectivity index (χ2n) is 5.76. The predicted octanol–water partition coefficient (Wildman–Crippen LogP) is 5.05. The average molecular weight is 284 g/mol. The maximum absolute atomic E-state index is 13.2. The first-order valence-electron chi connectivity index (χ1n) is 7.30. The van der Waals surface area contributed by atoms with Gasteiger partial charge in [0.05, 0.1) is 18.5 Å². The van der Waals surface area contributed by atoms with Gasteiger partial charge in [-0.2, -0.15) is 0 Å². The van der Waals surface area contributed by atoms with E-state index >= 15 is 0 Å². The van der Waals surface area contributed by atoms with Crippen LogP contribution in [0.1, 0.15) is 53.4 Å². The molecule has 0 bridgehead atoms. The summed E-state index contributed by atoms with van der Waals surface area (Å²) in [5, 5.41) is 0.915. The van der Waals surface area contributed by atoms with Gasteiger partial charge in [-0.05, 0) is 50.7 Å². The summed E-state index contributed by atoms with van der Waals surface area (Å²) in [7, 11) is -3.15. The topological polar surface area (TPSA) is 35.5 Å². The summed E-state index contributed by atoms with van der Waals surface area (Å²) in [5.41, 5.74) is 2.40. The molecule has 0 aromatic heterocycles. The summed E-state index contributed by atoms with van der Waals surface area (Å²) in [4.78, 5) is 0. The van der Waals surface area contributed by atoms with Crippen LogP contribution in [0.4, 0.5) is 0 Å². The SMILES string of the molecule is CCOP(=O)(OCC)C1=C2CCCCC2=CC1(C)C. The van der Waals surface area contributed by atoms with Crippen LogP contribution in [0, 0.1) is 5.41 Å². The van der Waals surface area contributed by atoms with Crippen LogP contribution in [0.15, 0.2) is 22.5 Å². The van der Waals surface area contributed by atoms with Crippen molar-refractivity contribution in [1.29, 1.82) is 0 Å². The largest absolute Gasteiger partial charge is 0.358 e. The highest BCUT2D eigenvalue weighted by molar-refractivity contribution is 7.58. The lowest BCUT2D eigenvalue weighted by atomic mass is 9.92. The van der Waals surface area contributed by atoms with E-state index in [9.17, 15) is 4.57 Å². The Kier molecular flexibility index (Phi) is 4.39. The fourth-order valence-electron chi connectivity index (χ4n) is 3.28. The zero-order chi connectivity index (χ0) is 14.1. The molecule has 2 aliphatic carbocycles. The van der Waals surface area contributed by atoms with Crippen molar-refractivity contribution >= 4 is 7.60 Å². The molecule has 1 saturated carbocycles. The summed E-state index contributed by atoms with van der Waals surface area (Å²) in [5.74, 6) is 0. The van der Waals surface area contributed by atoms with Gasteiger partial charge in [0.15, 0.2) is 0 Å². The maximum atomic E-state index is 13.2. The summed E-state index contributed by atoms with van der Waals surface area (Å²) in [6.45, 7) is 8.80. The molecular weight excluding hydrogens is 259 g/mol. The lowest BCUT2D eigenvalue weighted by Crippen LogP contribution is -2.13. The Morgan fingerprint density at radius 3 is 2.32 bits per heavy atom. The van der Waals surface area contributed by atoms with E-state index in [2.05, 4.69) is 19.9 Å². The first-order chi connectivity index (χ1) is 8.94. The molecule has 19 heavy (non-hydrogen) atoms. The minimum absolute atomic E-state index is 0.213. The van der Waals surface area contributed by atoms with Crippen molar-refractivity contribution in [1.82, 2.24) is 0 Å². The van der Waals surface area contributed by atoms with E-state index in [-0.39, 0.29) is 5.41 Å². The molecule has 0 saturated heterocycles. The highest BCUT2D eigenvalue weighted by Crippen LogP contribution is 2.67. The van der Waals surface area contributed by atoms with E-state index in [0.29, 0.717) is 13.2 Å². The molecule has 0 atom stereocenters. The third kappa shape index (κ3) is 2.74.